The van der Waals surface area contributed by atoms with E-state index in [9.17, 15) is 19.2 Å². The van der Waals surface area contributed by atoms with Crippen molar-refractivity contribution in [1.82, 2.24) is 15.5 Å². The molecule has 3 amide bonds. The van der Waals surface area contributed by atoms with E-state index in [-0.39, 0.29) is 37.9 Å². The Balaban J connectivity index is 1.96. The molecular weight excluding hydrogens is 522 g/mol. The average Bonchev–Trinajstić information content (AvgIpc) is 2.87. The van der Waals surface area contributed by atoms with Gasteiger partial charge in [-0.2, -0.15) is 0 Å². The summed E-state index contributed by atoms with van der Waals surface area (Å²) in [6, 6.07) is 14.8. The first kappa shape index (κ1) is 31.6. The van der Waals surface area contributed by atoms with Gasteiger partial charge < -0.3 is 25.0 Å². The van der Waals surface area contributed by atoms with E-state index in [0.717, 1.165) is 30.4 Å². The Morgan fingerprint density at radius 2 is 1.66 bits per heavy atom. The van der Waals surface area contributed by atoms with Crippen LogP contribution in [0.15, 0.2) is 54.6 Å². The van der Waals surface area contributed by atoms with Crippen LogP contribution in [-0.2, 0) is 30.3 Å². The molecule has 9 heteroatoms. The Morgan fingerprint density at radius 1 is 1.00 bits per heavy atom. The number of amides is 3. The molecule has 0 spiro atoms. The summed E-state index contributed by atoms with van der Waals surface area (Å²) in [5.41, 5.74) is 1.79. The number of carbonyl (C=O) groups is 4. The Hall–Kier alpha value is -3.88. The highest BCUT2D eigenvalue weighted by molar-refractivity contribution is 5.92. The van der Waals surface area contributed by atoms with Gasteiger partial charge in [-0.15, -0.1) is 0 Å². The summed E-state index contributed by atoms with van der Waals surface area (Å²) in [6.45, 7) is 9.30. The molecule has 9 nitrogen and oxygen atoms in total. The van der Waals surface area contributed by atoms with Gasteiger partial charge in [-0.05, 0) is 65.0 Å². The van der Waals surface area contributed by atoms with Gasteiger partial charge in [0.15, 0.2) is 0 Å². The SMILES string of the molecule is CCOC(=O)CCNC(=O)C(c1ccc(C)cc1)N(C(=O)C(Cc1ccccc1)NC(=O)OC(C)(C)C)C1CCC1. The van der Waals surface area contributed by atoms with Crippen molar-refractivity contribution in [2.24, 2.45) is 0 Å². The molecule has 1 saturated carbocycles. The summed E-state index contributed by atoms with van der Waals surface area (Å²) in [5, 5.41) is 5.62. The van der Waals surface area contributed by atoms with Gasteiger partial charge in [0.2, 0.25) is 11.8 Å². The van der Waals surface area contributed by atoms with Gasteiger partial charge in [0.1, 0.15) is 17.7 Å². The summed E-state index contributed by atoms with van der Waals surface area (Å²) >= 11 is 0. The van der Waals surface area contributed by atoms with Crippen molar-refractivity contribution in [3.05, 3.63) is 71.3 Å². The molecule has 1 aliphatic rings. The molecule has 2 atom stereocenters. The van der Waals surface area contributed by atoms with E-state index < -0.39 is 35.7 Å². The molecule has 0 radical (unpaired) electrons. The summed E-state index contributed by atoms with van der Waals surface area (Å²) in [7, 11) is 0. The van der Waals surface area contributed by atoms with Crippen LogP contribution in [0.2, 0.25) is 0 Å². The second kappa shape index (κ2) is 14.7. The second-order valence-electron chi connectivity index (χ2n) is 11.4. The van der Waals surface area contributed by atoms with Crippen molar-refractivity contribution in [1.29, 1.82) is 0 Å². The van der Waals surface area contributed by atoms with Crippen LogP contribution in [0.5, 0.6) is 0 Å². The van der Waals surface area contributed by atoms with Gasteiger partial charge in [-0.3, -0.25) is 14.4 Å². The molecule has 0 saturated heterocycles. The maximum Gasteiger partial charge on any atom is 0.408 e. The fourth-order valence-corrected chi connectivity index (χ4v) is 4.67. The molecule has 1 fully saturated rings. The van der Waals surface area contributed by atoms with Crippen LogP contribution in [0, 0.1) is 6.92 Å². The van der Waals surface area contributed by atoms with Crippen molar-refractivity contribution in [2.75, 3.05) is 13.2 Å². The van der Waals surface area contributed by atoms with Gasteiger partial charge in [-0.1, -0.05) is 60.2 Å². The second-order valence-corrected chi connectivity index (χ2v) is 11.4. The molecule has 2 aromatic carbocycles. The number of nitrogens with zero attached hydrogens (tertiary/aromatic N) is 1. The molecule has 0 aromatic heterocycles. The Bertz CT molecular complexity index is 1170. The molecule has 0 aliphatic heterocycles. The quantitative estimate of drug-likeness (QED) is 0.363. The maximum absolute atomic E-state index is 14.4. The van der Waals surface area contributed by atoms with E-state index in [0.29, 0.717) is 5.56 Å². The van der Waals surface area contributed by atoms with Gasteiger partial charge in [0.05, 0.1) is 13.0 Å². The number of aryl methyl sites for hydroxylation is 1. The maximum atomic E-state index is 14.4. The third-order valence-electron chi connectivity index (χ3n) is 6.85. The highest BCUT2D eigenvalue weighted by Gasteiger charge is 2.42. The van der Waals surface area contributed by atoms with Crippen LogP contribution < -0.4 is 10.6 Å². The van der Waals surface area contributed by atoms with Crippen molar-refractivity contribution < 1.29 is 28.7 Å². The van der Waals surface area contributed by atoms with Gasteiger partial charge >= 0.3 is 12.1 Å². The first-order valence-corrected chi connectivity index (χ1v) is 14.3. The summed E-state index contributed by atoms with van der Waals surface area (Å²) in [4.78, 5) is 54.6. The lowest BCUT2D eigenvalue weighted by molar-refractivity contribution is -0.148. The third kappa shape index (κ3) is 9.62. The first-order chi connectivity index (χ1) is 19.5. The van der Waals surface area contributed by atoms with Crippen LogP contribution in [0.4, 0.5) is 4.79 Å². The predicted octanol–water partition coefficient (Wildman–Crippen LogP) is 4.62. The Kier molecular flexibility index (Phi) is 11.3. The number of esters is 1. The number of ether oxygens (including phenoxy) is 2. The molecule has 2 unspecified atom stereocenters. The summed E-state index contributed by atoms with van der Waals surface area (Å²) in [6.07, 6.45) is 1.97. The van der Waals surface area contributed by atoms with Crippen LogP contribution in [0.25, 0.3) is 0 Å². The van der Waals surface area contributed by atoms with E-state index in [1.54, 1.807) is 32.6 Å². The van der Waals surface area contributed by atoms with Crippen molar-refractivity contribution >= 4 is 23.9 Å². The predicted molar refractivity (Wildman–Crippen MR) is 156 cm³/mol. The lowest BCUT2D eigenvalue weighted by Gasteiger charge is -2.43. The topological polar surface area (TPSA) is 114 Å². The van der Waals surface area contributed by atoms with E-state index in [1.807, 2.05) is 61.5 Å². The zero-order chi connectivity index (χ0) is 30.0. The highest BCUT2D eigenvalue weighted by Crippen LogP contribution is 2.34. The number of nitrogens with one attached hydrogen (secondary N) is 2. The van der Waals surface area contributed by atoms with E-state index in [4.69, 9.17) is 9.47 Å². The third-order valence-corrected chi connectivity index (χ3v) is 6.85. The molecule has 3 rings (SSSR count). The minimum atomic E-state index is -0.965. The smallest absolute Gasteiger partial charge is 0.408 e. The number of hydrogen-bond acceptors (Lipinski definition) is 6. The van der Waals surface area contributed by atoms with Gasteiger partial charge in [-0.25, -0.2) is 4.79 Å². The minimum absolute atomic E-state index is 0.0222. The average molecular weight is 566 g/mol. The largest absolute Gasteiger partial charge is 0.466 e. The monoisotopic (exact) mass is 565 g/mol. The molecule has 1 aliphatic carbocycles. The minimum Gasteiger partial charge on any atom is -0.466 e. The fourth-order valence-electron chi connectivity index (χ4n) is 4.67. The molecule has 0 heterocycles. The van der Waals surface area contributed by atoms with E-state index >= 15 is 0 Å². The van der Waals surface area contributed by atoms with Crippen molar-refractivity contribution in [2.45, 2.75) is 90.4 Å². The Labute approximate surface area is 243 Å². The van der Waals surface area contributed by atoms with E-state index in [1.165, 1.54) is 0 Å². The zero-order valence-electron chi connectivity index (χ0n) is 24.8. The molecule has 0 bridgehead atoms. The highest BCUT2D eigenvalue weighted by atomic mass is 16.6. The number of carbonyl (C=O) groups excluding carboxylic acids is 4. The van der Waals surface area contributed by atoms with Crippen LogP contribution >= 0.6 is 0 Å². The summed E-state index contributed by atoms with van der Waals surface area (Å²) in [5.74, 6) is -1.17. The zero-order valence-corrected chi connectivity index (χ0v) is 24.8. The van der Waals surface area contributed by atoms with Crippen LogP contribution in [0.3, 0.4) is 0 Å². The van der Waals surface area contributed by atoms with Crippen LogP contribution in [0.1, 0.15) is 76.1 Å². The fraction of sp³-hybridized carbons (Fsp3) is 0.500. The van der Waals surface area contributed by atoms with E-state index in [2.05, 4.69) is 10.6 Å². The van der Waals surface area contributed by atoms with Crippen LogP contribution in [-0.4, -0.2) is 59.6 Å². The summed E-state index contributed by atoms with van der Waals surface area (Å²) < 4.78 is 10.5. The number of benzene rings is 2. The number of rotatable bonds is 12. The molecule has 2 N–H and O–H groups in total. The van der Waals surface area contributed by atoms with Crippen molar-refractivity contribution in [3.8, 4) is 0 Å². The molecule has 222 valence electrons. The molecular formula is C32H43N3O6. The standard InChI is InChI=1S/C32H43N3O6/c1-6-40-27(36)19-20-33-29(37)28(24-17-15-22(2)16-18-24)35(25-13-10-14-25)30(38)26(21-23-11-8-7-9-12-23)34-31(39)41-32(3,4)5/h7-9,11-12,15-18,25-26,28H,6,10,13-14,19-21H2,1-5H3,(H,33,37)(H,34,39). The number of hydrogen-bond donors (Lipinski definition) is 2. The lowest BCUT2D eigenvalue weighted by Crippen LogP contribution is -2.58. The first-order valence-electron chi connectivity index (χ1n) is 14.3. The Morgan fingerprint density at radius 3 is 2.22 bits per heavy atom. The van der Waals surface area contributed by atoms with Gasteiger partial charge in [0, 0.05) is 19.0 Å². The van der Waals surface area contributed by atoms with Gasteiger partial charge in [0.25, 0.3) is 0 Å². The molecule has 2 aromatic rings. The van der Waals surface area contributed by atoms with Crippen molar-refractivity contribution in [3.63, 3.8) is 0 Å². The molecule has 41 heavy (non-hydrogen) atoms. The normalized spacial score (nSPS) is 14.7. The number of alkyl carbamates (subject to hydrolysis) is 1. The lowest BCUT2D eigenvalue weighted by atomic mass is 9.87.